The van der Waals surface area contributed by atoms with Crippen LogP contribution in [0, 0.1) is 0 Å². The monoisotopic (exact) mass is 474 g/mol. The van der Waals surface area contributed by atoms with E-state index >= 15 is 0 Å². The highest BCUT2D eigenvalue weighted by atomic mass is 16.5. The Bertz CT molecular complexity index is 1760. The molecule has 0 radical (unpaired) electrons. The van der Waals surface area contributed by atoms with Gasteiger partial charge in [-0.3, -0.25) is 4.57 Å². The van der Waals surface area contributed by atoms with Crippen molar-refractivity contribution in [3.8, 4) is 28.5 Å². The number of carbonyl (C=O) groups is 1. The SMILES string of the molecule is [2H]c1c([2H])c([2H])c(-c2nn[nH]n2)c(-c2ccc(C([2H])([2H])n3c(OCC)nc4cccc(C(=O)OCC)c43)cc2)c1[2H]. The first kappa shape index (κ1) is 16.2. The number of H-pyrrole nitrogens is 1. The van der Waals surface area contributed by atoms with Gasteiger partial charge in [-0.1, -0.05) is 54.5 Å². The third kappa shape index (κ3) is 4.35. The van der Waals surface area contributed by atoms with Gasteiger partial charge in [0.1, 0.15) is 0 Å². The normalized spacial score (nSPS) is 13.9. The lowest BCUT2D eigenvalue weighted by atomic mass is 9.98. The van der Waals surface area contributed by atoms with Crippen LogP contribution in [0.2, 0.25) is 0 Å². The molecule has 0 atom stereocenters. The third-order valence-electron chi connectivity index (χ3n) is 5.09. The highest BCUT2D eigenvalue weighted by Gasteiger charge is 2.20. The Labute approximate surface area is 210 Å². The van der Waals surface area contributed by atoms with Crippen LogP contribution in [0.1, 0.15) is 38.0 Å². The Morgan fingerprint density at radius 2 is 1.89 bits per heavy atom. The van der Waals surface area contributed by atoms with Crippen LogP contribution < -0.4 is 4.74 Å². The smallest absolute Gasteiger partial charge is 0.340 e. The Hall–Kier alpha value is -4.53. The molecule has 5 aromatic rings. The van der Waals surface area contributed by atoms with Crippen LogP contribution >= 0.6 is 0 Å². The van der Waals surface area contributed by atoms with Crippen LogP contribution in [0.5, 0.6) is 6.01 Å². The molecule has 2 aromatic heterocycles. The molecule has 0 amide bonds. The van der Waals surface area contributed by atoms with Crippen molar-refractivity contribution >= 4 is 17.0 Å². The zero-order valence-corrected chi connectivity index (χ0v) is 18.9. The van der Waals surface area contributed by atoms with Gasteiger partial charge in [-0.15, -0.1) is 10.2 Å². The Morgan fingerprint density at radius 1 is 1.09 bits per heavy atom. The van der Waals surface area contributed by atoms with Gasteiger partial charge in [0, 0.05) is 5.56 Å². The molecule has 0 aliphatic carbocycles. The summed E-state index contributed by atoms with van der Waals surface area (Å²) in [4.78, 5) is 17.2. The second-order valence-electron chi connectivity index (χ2n) is 7.23. The molecule has 5 rings (SSSR count). The zero-order chi connectivity index (χ0) is 29.5. The topological polar surface area (TPSA) is 108 Å². The number of rotatable bonds is 8. The van der Waals surface area contributed by atoms with Crippen molar-refractivity contribution in [3.05, 3.63) is 77.8 Å². The van der Waals surface area contributed by atoms with Gasteiger partial charge in [0.05, 0.1) is 44.5 Å². The number of nitrogens with one attached hydrogen (secondary N) is 1. The number of para-hydroxylation sites is 1. The van der Waals surface area contributed by atoms with Crippen molar-refractivity contribution in [1.82, 2.24) is 30.2 Å². The number of aromatic nitrogens is 6. The summed E-state index contributed by atoms with van der Waals surface area (Å²) in [6, 6.07) is 9.34. The molecule has 9 nitrogen and oxygen atoms in total. The average Bonchev–Trinajstić information content (AvgIpc) is 3.62. The van der Waals surface area contributed by atoms with Crippen LogP contribution in [0.15, 0.2) is 66.6 Å². The molecule has 0 aliphatic rings. The predicted molar refractivity (Wildman–Crippen MR) is 131 cm³/mol. The number of esters is 1. The number of fused-ring (bicyclic) bond motifs is 1. The summed E-state index contributed by atoms with van der Waals surface area (Å²) in [7, 11) is 0. The number of aromatic amines is 1. The standard InChI is InChI=1S/C26H24N6O3/c1-3-34-25(33)21-10-7-11-22-23(21)32(26(27-22)35-4-2)16-17-12-14-18(15-13-17)19-8-5-6-9-20(19)24-28-30-31-29-24/h5-15H,3-4,16H2,1-2H3,(H,28,29,30,31)/i5D,6D,8D,9D,16D2. The van der Waals surface area contributed by atoms with Crippen LogP contribution in [0.4, 0.5) is 0 Å². The molecule has 9 heteroatoms. The minimum atomic E-state index is -2.27. The van der Waals surface area contributed by atoms with Crippen LogP contribution in [0.25, 0.3) is 33.5 Å². The minimum absolute atomic E-state index is 0.0101. The number of ether oxygens (including phenoxy) is 2. The number of benzene rings is 3. The van der Waals surface area contributed by atoms with Crippen molar-refractivity contribution in [1.29, 1.82) is 0 Å². The fraction of sp³-hybridized carbons (Fsp3) is 0.192. The molecule has 0 unspecified atom stereocenters. The van der Waals surface area contributed by atoms with E-state index < -0.39 is 24.6 Å². The van der Waals surface area contributed by atoms with Crippen molar-refractivity contribution in [3.63, 3.8) is 0 Å². The number of carbonyl (C=O) groups excluding carboxylic acids is 1. The molecule has 2 heterocycles. The van der Waals surface area contributed by atoms with E-state index in [4.69, 9.17) is 17.7 Å². The summed E-state index contributed by atoms with van der Waals surface area (Å²) < 4.78 is 63.6. The van der Waals surface area contributed by atoms with E-state index in [2.05, 4.69) is 25.6 Å². The molecular formula is C26H24N6O3. The van der Waals surface area contributed by atoms with Gasteiger partial charge in [0.25, 0.3) is 6.01 Å². The summed E-state index contributed by atoms with van der Waals surface area (Å²) in [5, 5.41) is 13.6. The number of imidazole rings is 1. The first-order chi connectivity index (χ1) is 19.6. The summed E-state index contributed by atoms with van der Waals surface area (Å²) in [6.07, 6.45) is 0. The maximum Gasteiger partial charge on any atom is 0.340 e. The maximum atomic E-state index is 12.8. The Kier molecular flexibility index (Phi) is 4.51. The fourth-order valence-corrected chi connectivity index (χ4v) is 3.61. The fourth-order valence-electron chi connectivity index (χ4n) is 3.61. The first-order valence-corrected chi connectivity index (χ1v) is 10.9. The quantitative estimate of drug-likeness (QED) is 0.330. The van der Waals surface area contributed by atoms with Crippen LogP contribution in [-0.4, -0.2) is 49.4 Å². The molecule has 0 bridgehead atoms. The summed E-state index contributed by atoms with van der Waals surface area (Å²) in [5.74, 6) is -0.634. The van der Waals surface area contributed by atoms with E-state index in [1.807, 2.05) is 0 Å². The van der Waals surface area contributed by atoms with Crippen LogP contribution in [0.3, 0.4) is 0 Å². The molecule has 0 aliphatic heterocycles. The van der Waals surface area contributed by atoms with E-state index in [9.17, 15) is 4.79 Å². The van der Waals surface area contributed by atoms with Crippen LogP contribution in [-0.2, 0) is 11.2 Å². The van der Waals surface area contributed by atoms with Gasteiger partial charge in [-0.25, -0.2) is 4.79 Å². The van der Waals surface area contributed by atoms with E-state index in [0.29, 0.717) is 11.1 Å². The zero-order valence-electron chi connectivity index (χ0n) is 24.9. The Balaban J connectivity index is 1.68. The largest absolute Gasteiger partial charge is 0.465 e. The molecule has 0 fully saturated rings. The number of tetrazole rings is 1. The van der Waals surface area contributed by atoms with Gasteiger partial charge >= 0.3 is 5.97 Å². The lowest BCUT2D eigenvalue weighted by molar-refractivity contribution is 0.0528. The van der Waals surface area contributed by atoms with Crippen molar-refractivity contribution in [2.75, 3.05) is 13.2 Å². The van der Waals surface area contributed by atoms with E-state index in [1.165, 1.54) is 22.8 Å². The molecule has 0 saturated heterocycles. The highest BCUT2D eigenvalue weighted by molar-refractivity contribution is 6.02. The number of hydrogen-bond donors (Lipinski definition) is 1. The first-order valence-electron chi connectivity index (χ1n) is 13.9. The van der Waals surface area contributed by atoms with Gasteiger partial charge in [0.15, 0.2) is 0 Å². The number of hydrogen-bond acceptors (Lipinski definition) is 7. The molecule has 3 aromatic carbocycles. The summed E-state index contributed by atoms with van der Waals surface area (Å²) in [5.41, 5.74) is 1.43. The average molecular weight is 475 g/mol. The lowest BCUT2D eigenvalue weighted by Crippen LogP contribution is -2.10. The van der Waals surface area contributed by atoms with Gasteiger partial charge in [-0.05, 0) is 47.9 Å². The molecule has 1 N–H and O–H groups in total. The highest BCUT2D eigenvalue weighted by Crippen LogP contribution is 2.31. The third-order valence-corrected chi connectivity index (χ3v) is 5.09. The van der Waals surface area contributed by atoms with Gasteiger partial charge in [-0.2, -0.15) is 10.2 Å². The predicted octanol–water partition coefficient (Wildman–Crippen LogP) is 4.51. The van der Waals surface area contributed by atoms with E-state index in [0.717, 1.165) is 0 Å². The van der Waals surface area contributed by atoms with E-state index in [-0.39, 0.29) is 64.9 Å². The second-order valence-corrected chi connectivity index (χ2v) is 7.23. The molecule has 0 spiro atoms. The van der Waals surface area contributed by atoms with Gasteiger partial charge < -0.3 is 9.47 Å². The van der Waals surface area contributed by atoms with Crippen molar-refractivity contribution in [2.24, 2.45) is 0 Å². The molecular weight excluding hydrogens is 444 g/mol. The molecule has 35 heavy (non-hydrogen) atoms. The minimum Gasteiger partial charge on any atom is -0.465 e. The van der Waals surface area contributed by atoms with Gasteiger partial charge in [0.2, 0.25) is 5.82 Å². The van der Waals surface area contributed by atoms with Crippen molar-refractivity contribution in [2.45, 2.75) is 20.3 Å². The maximum absolute atomic E-state index is 12.8. The summed E-state index contributed by atoms with van der Waals surface area (Å²) in [6.45, 7) is 1.49. The Morgan fingerprint density at radius 3 is 2.60 bits per heavy atom. The van der Waals surface area contributed by atoms with Crippen molar-refractivity contribution < 1.29 is 22.5 Å². The van der Waals surface area contributed by atoms with E-state index in [1.54, 1.807) is 38.1 Å². The summed E-state index contributed by atoms with van der Waals surface area (Å²) >= 11 is 0. The number of nitrogens with zero attached hydrogens (tertiary/aromatic N) is 5. The second kappa shape index (κ2) is 9.76. The molecule has 0 saturated carbocycles. The lowest BCUT2D eigenvalue weighted by Gasteiger charge is -2.12. The molecule has 176 valence electrons.